The van der Waals surface area contributed by atoms with Gasteiger partial charge in [0.05, 0.1) is 15.5 Å². The van der Waals surface area contributed by atoms with E-state index in [1.807, 2.05) is 19.9 Å². The number of carbonyl (C=O) groups is 1. The fraction of sp³-hybridized carbons (Fsp3) is 0.316. The van der Waals surface area contributed by atoms with Crippen LogP contribution in [0.3, 0.4) is 0 Å². The monoisotopic (exact) mass is 395 g/mol. The van der Waals surface area contributed by atoms with Crippen LogP contribution in [0, 0.1) is 13.8 Å². The van der Waals surface area contributed by atoms with E-state index in [0.29, 0.717) is 18.8 Å². The summed E-state index contributed by atoms with van der Waals surface area (Å²) in [6.07, 6.45) is 0. The van der Waals surface area contributed by atoms with Gasteiger partial charge in [-0.25, -0.2) is 13.2 Å². The number of rotatable bonds is 6. The molecule has 0 aliphatic carbocycles. The van der Waals surface area contributed by atoms with Gasteiger partial charge in [-0.05, 0) is 55.3 Å². The second-order valence-electron chi connectivity index (χ2n) is 5.87. The molecule has 2 aromatic carbocycles. The molecule has 0 radical (unpaired) electrons. The third-order valence-electron chi connectivity index (χ3n) is 4.19. The predicted octanol–water partition coefficient (Wildman–Crippen LogP) is 4.21. The van der Waals surface area contributed by atoms with Gasteiger partial charge in [0.25, 0.3) is 0 Å². The molecule has 140 valence electrons. The van der Waals surface area contributed by atoms with Gasteiger partial charge in [0.2, 0.25) is 10.0 Å². The van der Waals surface area contributed by atoms with Crippen molar-refractivity contribution in [1.82, 2.24) is 4.31 Å². The highest BCUT2D eigenvalue weighted by molar-refractivity contribution is 7.89. The summed E-state index contributed by atoms with van der Waals surface area (Å²) < 4.78 is 32.0. The fourth-order valence-corrected chi connectivity index (χ4v) is 4.15. The van der Waals surface area contributed by atoms with Crippen molar-refractivity contribution in [2.75, 3.05) is 13.1 Å². The second-order valence-corrected chi connectivity index (χ2v) is 8.21. The molecule has 0 spiro atoms. The Morgan fingerprint density at radius 1 is 1.04 bits per heavy atom. The first kappa shape index (κ1) is 20.4. The highest BCUT2D eigenvalue weighted by Gasteiger charge is 2.24. The minimum absolute atomic E-state index is 0.0117. The van der Waals surface area contributed by atoms with Crippen molar-refractivity contribution in [3.8, 4) is 5.75 Å². The van der Waals surface area contributed by atoms with Crippen molar-refractivity contribution in [3.63, 3.8) is 0 Å². The Balaban J connectivity index is 2.37. The van der Waals surface area contributed by atoms with Crippen molar-refractivity contribution in [2.45, 2.75) is 32.6 Å². The summed E-state index contributed by atoms with van der Waals surface area (Å²) in [5, 5.41) is 0.136. The van der Waals surface area contributed by atoms with Gasteiger partial charge in [-0.2, -0.15) is 4.31 Å². The molecule has 5 nitrogen and oxygen atoms in total. The number of hydrogen-bond donors (Lipinski definition) is 0. The smallest absolute Gasteiger partial charge is 0.345 e. The molecule has 0 aliphatic heterocycles. The number of nitrogens with zero attached hydrogens (tertiary/aromatic N) is 1. The van der Waals surface area contributed by atoms with Crippen molar-refractivity contribution >= 4 is 27.6 Å². The first-order chi connectivity index (χ1) is 12.2. The number of esters is 1. The molecule has 2 rings (SSSR count). The van der Waals surface area contributed by atoms with Crippen molar-refractivity contribution < 1.29 is 17.9 Å². The molecule has 26 heavy (non-hydrogen) atoms. The van der Waals surface area contributed by atoms with Crippen LogP contribution in [0.1, 0.15) is 35.3 Å². The van der Waals surface area contributed by atoms with Gasteiger partial charge in [0.1, 0.15) is 5.75 Å². The van der Waals surface area contributed by atoms with E-state index in [1.165, 1.54) is 22.5 Å². The topological polar surface area (TPSA) is 63.7 Å². The summed E-state index contributed by atoms with van der Waals surface area (Å²) in [6.45, 7) is 8.06. The van der Waals surface area contributed by atoms with Gasteiger partial charge >= 0.3 is 5.97 Å². The lowest BCUT2D eigenvalue weighted by atomic mass is 10.1. The first-order valence-corrected chi connectivity index (χ1v) is 10.1. The molecular formula is C19H22ClNO4S. The number of ether oxygens (including phenoxy) is 1. The molecule has 0 bridgehead atoms. The van der Waals surface area contributed by atoms with Crippen LogP contribution in [-0.4, -0.2) is 31.8 Å². The molecule has 7 heteroatoms. The van der Waals surface area contributed by atoms with Crippen LogP contribution >= 0.6 is 11.6 Å². The number of hydrogen-bond acceptors (Lipinski definition) is 4. The molecule has 0 unspecified atom stereocenters. The minimum atomic E-state index is -3.69. The average Bonchev–Trinajstić information content (AvgIpc) is 2.59. The van der Waals surface area contributed by atoms with Crippen molar-refractivity contribution in [1.29, 1.82) is 0 Å². The fourth-order valence-electron chi connectivity index (χ4n) is 2.47. The van der Waals surface area contributed by atoms with Gasteiger partial charge < -0.3 is 4.74 Å². The zero-order valence-corrected chi connectivity index (χ0v) is 16.8. The molecule has 0 saturated heterocycles. The molecular weight excluding hydrogens is 374 g/mol. The van der Waals surface area contributed by atoms with Crippen LogP contribution < -0.4 is 4.74 Å². The lowest BCUT2D eigenvalue weighted by molar-refractivity contribution is 0.0734. The van der Waals surface area contributed by atoms with Crippen LogP contribution in [-0.2, 0) is 10.0 Å². The Morgan fingerprint density at radius 3 is 2.27 bits per heavy atom. The number of sulfonamides is 1. The van der Waals surface area contributed by atoms with E-state index in [0.717, 1.165) is 11.1 Å². The van der Waals surface area contributed by atoms with E-state index in [-0.39, 0.29) is 15.5 Å². The maximum atomic E-state index is 12.7. The van der Waals surface area contributed by atoms with E-state index in [2.05, 4.69) is 0 Å². The number of aryl methyl sites for hydroxylation is 2. The Bertz CT molecular complexity index is 921. The number of carbonyl (C=O) groups excluding carboxylic acids is 1. The molecule has 0 aromatic heterocycles. The normalized spacial score (nSPS) is 11.6. The number of halogens is 1. The van der Waals surface area contributed by atoms with Crippen LogP contribution in [0.5, 0.6) is 5.75 Å². The zero-order valence-electron chi connectivity index (χ0n) is 15.2. The highest BCUT2D eigenvalue weighted by Crippen LogP contribution is 2.25. The number of benzene rings is 2. The van der Waals surface area contributed by atoms with Gasteiger partial charge in [0.15, 0.2) is 0 Å². The van der Waals surface area contributed by atoms with E-state index in [1.54, 1.807) is 26.0 Å². The lowest BCUT2D eigenvalue weighted by Crippen LogP contribution is -2.30. The van der Waals surface area contributed by atoms with Crippen LogP contribution in [0.2, 0.25) is 5.02 Å². The van der Waals surface area contributed by atoms with Crippen LogP contribution in [0.25, 0.3) is 0 Å². The molecule has 0 fully saturated rings. The van der Waals surface area contributed by atoms with Crippen molar-refractivity contribution in [2.24, 2.45) is 0 Å². The Kier molecular flexibility index (Phi) is 6.44. The summed E-state index contributed by atoms with van der Waals surface area (Å²) in [5.41, 5.74) is 2.08. The van der Waals surface area contributed by atoms with Gasteiger partial charge in [-0.15, -0.1) is 0 Å². The standard InChI is InChI=1S/C19H22ClNO4S/c1-5-21(6-2)26(23,24)16-9-10-18(20)17(12-16)19(22)25-15-8-7-13(3)14(4)11-15/h7-12H,5-6H2,1-4H3. The summed E-state index contributed by atoms with van der Waals surface area (Å²) >= 11 is 6.10. The maximum absolute atomic E-state index is 12.7. The average molecular weight is 396 g/mol. The summed E-state index contributed by atoms with van der Waals surface area (Å²) in [4.78, 5) is 12.5. The van der Waals surface area contributed by atoms with Gasteiger partial charge in [0, 0.05) is 13.1 Å². The summed E-state index contributed by atoms with van der Waals surface area (Å²) in [6, 6.07) is 9.33. The third kappa shape index (κ3) is 4.26. The van der Waals surface area contributed by atoms with E-state index in [4.69, 9.17) is 16.3 Å². The molecule has 0 N–H and O–H groups in total. The molecule has 0 saturated carbocycles. The van der Waals surface area contributed by atoms with E-state index >= 15 is 0 Å². The first-order valence-electron chi connectivity index (χ1n) is 8.29. The van der Waals surface area contributed by atoms with E-state index in [9.17, 15) is 13.2 Å². The SMILES string of the molecule is CCN(CC)S(=O)(=O)c1ccc(Cl)c(C(=O)Oc2ccc(C)c(C)c2)c1. The lowest BCUT2D eigenvalue weighted by Gasteiger charge is -2.19. The van der Waals surface area contributed by atoms with E-state index < -0.39 is 16.0 Å². The second kappa shape index (κ2) is 8.20. The largest absolute Gasteiger partial charge is 0.423 e. The minimum Gasteiger partial charge on any atom is -0.423 e. The maximum Gasteiger partial charge on any atom is 0.345 e. The molecule has 0 amide bonds. The predicted molar refractivity (Wildman–Crippen MR) is 102 cm³/mol. The zero-order chi connectivity index (χ0) is 19.5. The molecule has 0 heterocycles. The molecule has 0 atom stereocenters. The van der Waals surface area contributed by atoms with Crippen LogP contribution in [0.4, 0.5) is 0 Å². The highest BCUT2D eigenvalue weighted by atomic mass is 35.5. The quantitative estimate of drug-likeness (QED) is 0.543. The Morgan fingerprint density at radius 2 is 1.69 bits per heavy atom. The van der Waals surface area contributed by atoms with Gasteiger partial charge in [-0.1, -0.05) is 31.5 Å². The Labute approximate surface area is 159 Å². The Hall–Kier alpha value is -1.89. The molecule has 2 aromatic rings. The van der Waals surface area contributed by atoms with Crippen molar-refractivity contribution in [3.05, 3.63) is 58.1 Å². The third-order valence-corrected chi connectivity index (χ3v) is 6.57. The molecule has 0 aliphatic rings. The summed E-state index contributed by atoms with van der Waals surface area (Å²) in [7, 11) is -3.69. The summed E-state index contributed by atoms with van der Waals surface area (Å²) in [5.74, 6) is -0.319. The van der Waals surface area contributed by atoms with Gasteiger partial charge in [-0.3, -0.25) is 0 Å². The van der Waals surface area contributed by atoms with Crippen LogP contribution in [0.15, 0.2) is 41.3 Å².